The van der Waals surface area contributed by atoms with Gasteiger partial charge in [-0.25, -0.2) is 14.4 Å². The van der Waals surface area contributed by atoms with Crippen LogP contribution in [0.5, 0.6) is 0 Å². The van der Waals surface area contributed by atoms with E-state index in [1.165, 1.54) is 13.3 Å². The van der Waals surface area contributed by atoms with Gasteiger partial charge in [-0.1, -0.05) is 0 Å². The van der Waals surface area contributed by atoms with Crippen molar-refractivity contribution in [2.45, 2.75) is 12.8 Å². The van der Waals surface area contributed by atoms with Gasteiger partial charge in [0.15, 0.2) is 0 Å². The van der Waals surface area contributed by atoms with Crippen molar-refractivity contribution in [3.05, 3.63) is 44.8 Å². The largest absolute Gasteiger partial charge is 0.466 e. The minimum absolute atomic E-state index is 0.0862. The quantitative estimate of drug-likeness (QED) is 0.403. The van der Waals surface area contributed by atoms with Crippen LogP contribution < -0.4 is 11.2 Å². The van der Waals surface area contributed by atoms with Crippen molar-refractivity contribution in [3.63, 3.8) is 0 Å². The summed E-state index contributed by atoms with van der Waals surface area (Å²) in [6, 6.07) is 0. The molecular weight excluding hydrogens is 268 g/mol. The summed E-state index contributed by atoms with van der Waals surface area (Å²) in [5, 5.41) is 0. The van der Waals surface area contributed by atoms with Gasteiger partial charge in [-0.2, -0.15) is 0 Å². The highest BCUT2D eigenvalue weighted by Gasteiger charge is 2.02. The lowest BCUT2D eigenvalue weighted by Gasteiger charge is -2.01. The number of aromatic nitrogens is 2. The van der Waals surface area contributed by atoms with E-state index in [9.17, 15) is 19.2 Å². The van der Waals surface area contributed by atoms with Crippen molar-refractivity contribution in [1.82, 2.24) is 9.97 Å². The van der Waals surface area contributed by atoms with Crippen LogP contribution in [0.15, 0.2) is 27.9 Å². The molecule has 8 nitrogen and oxygen atoms in total. The Morgan fingerprint density at radius 1 is 1.25 bits per heavy atom. The van der Waals surface area contributed by atoms with Crippen LogP contribution in [-0.4, -0.2) is 35.6 Å². The number of H-pyrrole nitrogens is 2. The van der Waals surface area contributed by atoms with Crippen LogP contribution in [0.3, 0.4) is 0 Å². The van der Waals surface area contributed by atoms with Crippen LogP contribution in [0, 0.1) is 0 Å². The maximum absolute atomic E-state index is 11.3. The maximum atomic E-state index is 11.3. The summed E-state index contributed by atoms with van der Waals surface area (Å²) in [6.07, 6.45) is 3.99. The van der Waals surface area contributed by atoms with Crippen molar-refractivity contribution >= 4 is 11.9 Å². The summed E-state index contributed by atoms with van der Waals surface area (Å²) < 4.78 is 9.11. The second-order valence-corrected chi connectivity index (χ2v) is 3.72. The average molecular weight is 282 g/mol. The molecule has 1 aromatic rings. The minimum Gasteiger partial charge on any atom is -0.466 e. The van der Waals surface area contributed by atoms with Gasteiger partial charge in [-0.05, 0) is 12.8 Å². The molecule has 8 heteroatoms. The van der Waals surface area contributed by atoms with Gasteiger partial charge in [-0.15, -0.1) is 0 Å². The summed E-state index contributed by atoms with van der Waals surface area (Å²) in [6.45, 7) is 0.0862. The van der Waals surface area contributed by atoms with E-state index in [4.69, 9.17) is 4.74 Å². The molecule has 0 bridgehead atoms. The van der Waals surface area contributed by atoms with Crippen molar-refractivity contribution in [2.75, 3.05) is 13.7 Å². The molecule has 0 atom stereocenters. The molecular formula is C12H14N2O6. The number of aryl methyl sites for hydroxylation is 1. The molecule has 0 aliphatic rings. The zero-order chi connectivity index (χ0) is 15.0. The molecule has 1 rings (SSSR count). The molecule has 0 fully saturated rings. The van der Waals surface area contributed by atoms with Crippen molar-refractivity contribution in [3.8, 4) is 0 Å². The van der Waals surface area contributed by atoms with Gasteiger partial charge < -0.3 is 14.5 Å². The minimum atomic E-state index is -0.675. The normalized spacial score (nSPS) is 10.4. The fraction of sp³-hybridized carbons (Fsp3) is 0.333. The summed E-state index contributed by atoms with van der Waals surface area (Å²) in [7, 11) is 1.19. The second kappa shape index (κ2) is 7.72. The summed E-state index contributed by atoms with van der Waals surface area (Å²) in [5.41, 5.74) is -0.644. The fourth-order valence-electron chi connectivity index (χ4n) is 1.31. The molecule has 0 aliphatic carbocycles. The van der Waals surface area contributed by atoms with E-state index in [-0.39, 0.29) is 6.61 Å². The summed E-state index contributed by atoms with van der Waals surface area (Å²) in [4.78, 5) is 48.4. The van der Waals surface area contributed by atoms with E-state index < -0.39 is 23.2 Å². The Balaban J connectivity index is 2.33. The number of nitrogens with one attached hydrogen (secondary N) is 2. The van der Waals surface area contributed by atoms with Gasteiger partial charge in [0, 0.05) is 23.9 Å². The molecule has 1 heterocycles. The van der Waals surface area contributed by atoms with Gasteiger partial charge in [0.2, 0.25) is 0 Å². The number of hydrogen-bond donors (Lipinski definition) is 2. The highest BCUT2D eigenvalue weighted by atomic mass is 16.5. The van der Waals surface area contributed by atoms with E-state index in [2.05, 4.69) is 14.7 Å². The summed E-state index contributed by atoms with van der Waals surface area (Å²) >= 11 is 0. The molecule has 0 unspecified atom stereocenters. The molecule has 20 heavy (non-hydrogen) atoms. The molecule has 0 aliphatic heterocycles. The lowest BCUT2D eigenvalue weighted by Crippen LogP contribution is -2.24. The highest BCUT2D eigenvalue weighted by Crippen LogP contribution is 1.94. The van der Waals surface area contributed by atoms with Crippen LogP contribution >= 0.6 is 0 Å². The predicted octanol–water partition coefficient (Wildman–Crippen LogP) is -0.732. The van der Waals surface area contributed by atoms with E-state index in [0.717, 1.165) is 12.2 Å². The van der Waals surface area contributed by atoms with Gasteiger partial charge in [0.1, 0.15) is 0 Å². The molecule has 0 amide bonds. The van der Waals surface area contributed by atoms with Crippen LogP contribution in [0.1, 0.15) is 12.0 Å². The Bertz CT molecular complexity index is 613. The van der Waals surface area contributed by atoms with Crippen LogP contribution in [0.25, 0.3) is 0 Å². The first-order chi connectivity index (χ1) is 9.52. The lowest BCUT2D eigenvalue weighted by atomic mass is 10.2. The third kappa shape index (κ3) is 5.34. The third-order valence-electron chi connectivity index (χ3n) is 2.29. The van der Waals surface area contributed by atoms with Gasteiger partial charge in [-0.3, -0.25) is 9.78 Å². The van der Waals surface area contributed by atoms with E-state index in [0.29, 0.717) is 18.4 Å². The number of ether oxygens (including phenoxy) is 2. The van der Waals surface area contributed by atoms with E-state index >= 15 is 0 Å². The summed E-state index contributed by atoms with van der Waals surface area (Å²) in [5.74, 6) is -1.33. The van der Waals surface area contributed by atoms with Crippen LogP contribution in [0.2, 0.25) is 0 Å². The molecule has 2 N–H and O–H groups in total. The van der Waals surface area contributed by atoms with E-state index in [1.807, 2.05) is 0 Å². The number of methoxy groups -OCH3 is 1. The Labute approximate surface area is 113 Å². The van der Waals surface area contributed by atoms with Gasteiger partial charge in [0.25, 0.3) is 5.56 Å². The highest BCUT2D eigenvalue weighted by molar-refractivity contribution is 5.91. The Morgan fingerprint density at radius 3 is 2.60 bits per heavy atom. The lowest BCUT2D eigenvalue weighted by molar-refractivity contribution is -0.139. The SMILES string of the molecule is COC(=O)/C=C/C(=O)OCCCc1c[nH]c(=O)[nH]c1=O. The maximum Gasteiger partial charge on any atom is 0.331 e. The fourth-order valence-corrected chi connectivity index (χ4v) is 1.31. The van der Waals surface area contributed by atoms with Crippen LogP contribution in [0.4, 0.5) is 0 Å². The zero-order valence-corrected chi connectivity index (χ0v) is 10.8. The number of rotatable bonds is 6. The molecule has 0 saturated heterocycles. The second-order valence-electron chi connectivity index (χ2n) is 3.72. The molecule has 0 saturated carbocycles. The van der Waals surface area contributed by atoms with Gasteiger partial charge >= 0.3 is 17.6 Å². The third-order valence-corrected chi connectivity index (χ3v) is 2.29. The first-order valence-corrected chi connectivity index (χ1v) is 5.76. The smallest absolute Gasteiger partial charge is 0.331 e. The topological polar surface area (TPSA) is 118 Å². The van der Waals surface area contributed by atoms with Crippen molar-refractivity contribution < 1.29 is 19.1 Å². The number of hydrogen-bond acceptors (Lipinski definition) is 6. The number of aromatic amines is 2. The monoisotopic (exact) mass is 282 g/mol. The average Bonchev–Trinajstić information content (AvgIpc) is 2.42. The first-order valence-electron chi connectivity index (χ1n) is 5.76. The number of carbonyl (C=O) groups excluding carboxylic acids is 2. The Kier molecular flexibility index (Phi) is 5.95. The molecule has 108 valence electrons. The van der Waals surface area contributed by atoms with Gasteiger partial charge in [0.05, 0.1) is 13.7 Å². The number of esters is 2. The van der Waals surface area contributed by atoms with E-state index in [1.54, 1.807) is 0 Å². The zero-order valence-electron chi connectivity index (χ0n) is 10.8. The molecule has 1 aromatic heterocycles. The predicted molar refractivity (Wildman–Crippen MR) is 68.1 cm³/mol. The van der Waals surface area contributed by atoms with Crippen LogP contribution in [-0.2, 0) is 25.5 Å². The van der Waals surface area contributed by atoms with Crippen molar-refractivity contribution in [2.24, 2.45) is 0 Å². The Morgan fingerprint density at radius 2 is 1.95 bits per heavy atom. The Hall–Kier alpha value is -2.64. The molecule has 0 radical (unpaired) electrons. The standard InChI is InChI=1S/C12H14N2O6/c1-19-9(15)4-5-10(16)20-6-2-3-8-7-13-12(18)14-11(8)17/h4-5,7H,2-3,6H2,1H3,(H2,13,14,17,18)/b5-4+. The number of carbonyl (C=O) groups is 2. The molecule has 0 aromatic carbocycles. The first kappa shape index (κ1) is 15.4. The molecule has 0 spiro atoms. The van der Waals surface area contributed by atoms with Crippen molar-refractivity contribution in [1.29, 1.82) is 0 Å².